The van der Waals surface area contributed by atoms with Gasteiger partial charge in [0, 0.05) is 48.3 Å². The first-order valence-corrected chi connectivity index (χ1v) is 12.4. The highest BCUT2D eigenvalue weighted by molar-refractivity contribution is 6.43. The topological polar surface area (TPSA) is 85.5 Å². The lowest BCUT2D eigenvalue weighted by atomic mass is 9.90. The molecule has 1 aliphatic heterocycles. The molecule has 2 aromatic carbocycles. The van der Waals surface area contributed by atoms with Crippen molar-refractivity contribution in [2.75, 3.05) is 40.3 Å². The minimum atomic E-state index is -0.653. The van der Waals surface area contributed by atoms with Crippen LogP contribution in [0.5, 0.6) is 0 Å². The average molecular weight is 493 g/mol. The second kappa shape index (κ2) is 11.0. The molecule has 1 saturated heterocycles. The number of amides is 2. The Bertz CT molecular complexity index is 1260. The molecule has 3 aromatic rings. The minimum absolute atomic E-state index is 0.0704. The summed E-state index contributed by atoms with van der Waals surface area (Å²) in [5.74, 6) is -1.13. The number of hydrogen-bond acceptors (Lipinski definition) is 4. The van der Waals surface area contributed by atoms with Crippen molar-refractivity contribution in [1.82, 2.24) is 20.1 Å². The van der Waals surface area contributed by atoms with Crippen LogP contribution in [-0.4, -0.2) is 72.7 Å². The SMILES string of the molecule is Cc1[nH]c2ccc(C(=O)C(=O)NCCN(C)C)cc2c1C(=O)N1CCC(Cc2ccc(F)cc2)CC1. The predicted octanol–water partition coefficient (Wildman–Crippen LogP) is 3.57. The summed E-state index contributed by atoms with van der Waals surface area (Å²) < 4.78 is 13.2. The number of aryl methyl sites for hydroxylation is 1. The Morgan fingerprint density at radius 3 is 2.44 bits per heavy atom. The van der Waals surface area contributed by atoms with Crippen LogP contribution < -0.4 is 5.32 Å². The van der Waals surface area contributed by atoms with Gasteiger partial charge in [0.05, 0.1) is 5.56 Å². The van der Waals surface area contributed by atoms with Crippen LogP contribution in [0.4, 0.5) is 4.39 Å². The Balaban J connectivity index is 1.45. The zero-order chi connectivity index (χ0) is 25.8. The first-order chi connectivity index (χ1) is 17.2. The fourth-order valence-electron chi connectivity index (χ4n) is 4.80. The fourth-order valence-corrected chi connectivity index (χ4v) is 4.80. The van der Waals surface area contributed by atoms with E-state index in [9.17, 15) is 18.8 Å². The number of ketones is 1. The molecule has 0 spiro atoms. The standard InChI is InChI=1S/C28H33FN4O3/c1-18-25(28(36)33-13-10-20(11-14-33)16-19-4-7-22(29)8-5-19)23-17-21(6-9-24(23)31-18)26(34)27(35)30-12-15-32(2)3/h4-9,17,20,31H,10-16H2,1-3H3,(H,30,35). The normalized spacial score (nSPS) is 14.4. The highest BCUT2D eigenvalue weighted by atomic mass is 19.1. The molecule has 2 amide bonds. The number of likely N-dealkylation sites (N-methyl/N-ethyl adjacent to an activating group) is 1. The van der Waals surface area contributed by atoms with E-state index in [1.165, 1.54) is 12.1 Å². The van der Waals surface area contributed by atoms with Crippen molar-refractivity contribution < 1.29 is 18.8 Å². The van der Waals surface area contributed by atoms with Gasteiger partial charge in [0.15, 0.2) is 0 Å². The number of carbonyl (C=O) groups is 3. The van der Waals surface area contributed by atoms with Crippen molar-refractivity contribution in [3.63, 3.8) is 0 Å². The summed E-state index contributed by atoms with van der Waals surface area (Å²) in [4.78, 5) is 45.6. The van der Waals surface area contributed by atoms with Gasteiger partial charge in [0.25, 0.3) is 11.8 Å². The number of nitrogens with zero attached hydrogens (tertiary/aromatic N) is 2. The van der Waals surface area contributed by atoms with Gasteiger partial charge in [-0.15, -0.1) is 0 Å². The van der Waals surface area contributed by atoms with Crippen LogP contribution in [0.25, 0.3) is 10.9 Å². The number of fused-ring (bicyclic) bond motifs is 1. The third kappa shape index (κ3) is 5.82. The summed E-state index contributed by atoms with van der Waals surface area (Å²) in [6, 6.07) is 11.6. The van der Waals surface area contributed by atoms with Gasteiger partial charge >= 0.3 is 0 Å². The molecule has 1 aromatic heterocycles. The van der Waals surface area contributed by atoms with Crippen molar-refractivity contribution in [2.24, 2.45) is 5.92 Å². The summed E-state index contributed by atoms with van der Waals surface area (Å²) in [6.07, 6.45) is 2.62. The summed E-state index contributed by atoms with van der Waals surface area (Å²) in [6.45, 7) is 4.15. The van der Waals surface area contributed by atoms with Crippen molar-refractivity contribution >= 4 is 28.5 Å². The summed E-state index contributed by atoms with van der Waals surface area (Å²) in [7, 11) is 3.78. The molecular formula is C28H33FN4O3. The van der Waals surface area contributed by atoms with Gasteiger partial charge in [-0.25, -0.2) is 4.39 Å². The molecular weight excluding hydrogens is 459 g/mol. The zero-order valence-corrected chi connectivity index (χ0v) is 21.1. The number of rotatable bonds is 8. The fraction of sp³-hybridized carbons (Fsp3) is 0.393. The van der Waals surface area contributed by atoms with E-state index >= 15 is 0 Å². The van der Waals surface area contributed by atoms with Gasteiger partial charge in [0.1, 0.15) is 5.82 Å². The largest absolute Gasteiger partial charge is 0.358 e. The Hall–Kier alpha value is -3.52. The number of carbonyl (C=O) groups excluding carboxylic acids is 3. The Labute approximate surface area is 210 Å². The molecule has 0 radical (unpaired) electrons. The molecule has 4 rings (SSSR count). The van der Waals surface area contributed by atoms with E-state index < -0.39 is 11.7 Å². The number of piperidine rings is 1. The quantitative estimate of drug-likeness (QED) is 0.372. The van der Waals surface area contributed by atoms with Crippen LogP contribution in [-0.2, 0) is 11.2 Å². The van der Waals surface area contributed by atoms with Gasteiger partial charge in [-0.3, -0.25) is 14.4 Å². The van der Waals surface area contributed by atoms with Crippen LogP contribution in [0.1, 0.15) is 44.8 Å². The van der Waals surface area contributed by atoms with Crippen LogP contribution in [0, 0.1) is 18.7 Å². The van der Waals surface area contributed by atoms with Crippen molar-refractivity contribution in [2.45, 2.75) is 26.2 Å². The third-order valence-corrected chi connectivity index (χ3v) is 6.85. The smallest absolute Gasteiger partial charge is 0.292 e. The van der Waals surface area contributed by atoms with Gasteiger partial charge in [-0.2, -0.15) is 0 Å². The molecule has 7 nitrogen and oxygen atoms in total. The molecule has 1 fully saturated rings. The Morgan fingerprint density at radius 1 is 1.08 bits per heavy atom. The molecule has 36 heavy (non-hydrogen) atoms. The number of hydrogen-bond donors (Lipinski definition) is 2. The van der Waals surface area contributed by atoms with E-state index in [-0.39, 0.29) is 17.3 Å². The Morgan fingerprint density at radius 2 is 1.78 bits per heavy atom. The van der Waals surface area contributed by atoms with E-state index in [1.54, 1.807) is 18.2 Å². The van der Waals surface area contributed by atoms with Crippen molar-refractivity contribution in [3.05, 3.63) is 70.7 Å². The van der Waals surface area contributed by atoms with Crippen LogP contribution in [0.15, 0.2) is 42.5 Å². The molecule has 0 aliphatic carbocycles. The van der Waals surface area contributed by atoms with Crippen LogP contribution in [0.3, 0.4) is 0 Å². The van der Waals surface area contributed by atoms with E-state index in [1.807, 2.05) is 43.0 Å². The number of aromatic amines is 1. The maximum Gasteiger partial charge on any atom is 0.292 e. The second-order valence-electron chi connectivity index (χ2n) is 9.84. The van der Waals surface area contributed by atoms with E-state index in [2.05, 4.69) is 10.3 Å². The molecule has 190 valence electrons. The predicted molar refractivity (Wildman–Crippen MR) is 138 cm³/mol. The molecule has 0 bridgehead atoms. The average Bonchev–Trinajstić information content (AvgIpc) is 3.19. The number of Topliss-reactive ketones (excluding diaryl/α,β-unsaturated/α-hetero) is 1. The van der Waals surface area contributed by atoms with Crippen LogP contribution >= 0.6 is 0 Å². The molecule has 0 atom stereocenters. The number of halogens is 1. The lowest BCUT2D eigenvalue weighted by Crippen LogP contribution is -2.39. The van der Waals surface area contributed by atoms with E-state index in [4.69, 9.17) is 0 Å². The van der Waals surface area contributed by atoms with Gasteiger partial charge in [-0.1, -0.05) is 12.1 Å². The molecule has 0 saturated carbocycles. The number of benzene rings is 2. The molecule has 2 N–H and O–H groups in total. The summed E-state index contributed by atoms with van der Waals surface area (Å²) >= 11 is 0. The zero-order valence-electron chi connectivity index (χ0n) is 21.1. The van der Waals surface area contributed by atoms with Crippen LogP contribution in [0.2, 0.25) is 0 Å². The van der Waals surface area contributed by atoms with E-state index in [0.717, 1.165) is 36.0 Å². The second-order valence-corrected chi connectivity index (χ2v) is 9.84. The maximum atomic E-state index is 13.5. The number of nitrogens with one attached hydrogen (secondary N) is 2. The summed E-state index contributed by atoms with van der Waals surface area (Å²) in [5, 5.41) is 3.30. The molecule has 1 aliphatic rings. The monoisotopic (exact) mass is 492 g/mol. The van der Waals surface area contributed by atoms with Gasteiger partial charge in [-0.05, 0) is 82.1 Å². The number of aromatic nitrogens is 1. The van der Waals surface area contributed by atoms with Gasteiger partial charge < -0.3 is 20.1 Å². The molecule has 0 unspecified atom stereocenters. The third-order valence-electron chi connectivity index (χ3n) is 6.85. The highest BCUT2D eigenvalue weighted by Gasteiger charge is 2.27. The van der Waals surface area contributed by atoms with Crippen molar-refractivity contribution in [1.29, 1.82) is 0 Å². The first kappa shape index (κ1) is 25.6. The van der Waals surface area contributed by atoms with Gasteiger partial charge in [0.2, 0.25) is 5.78 Å². The lowest BCUT2D eigenvalue weighted by Gasteiger charge is -2.32. The highest BCUT2D eigenvalue weighted by Crippen LogP contribution is 2.28. The van der Waals surface area contributed by atoms with E-state index in [0.29, 0.717) is 43.0 Å². The lowest BCUT2D eigenvalue weighted by molar-refractivity contribution is -0.117. The number of H-pyrrole nitrogens is 1. The Kier molecular flexibility index (Phi) is 7.84. The van der Waals surface area contributed by atoms with Crippen molar-refractivity contribution in [3.8, 4) is 0 Å². The first-order valence-electron chi connectivity index (χ1n) is 12.4. The minimum Gasteiger partial charge on any atom is -0.358 e. The maximum absolute atomic E-state index is 13.5. The molecule has 2 heterocycles. The number of likely N-dealkylation sites (tertiary alicyclic amines) is 1. The molecule has 8 heteroatoms. The summed E-state index contributed by atoms with van der Waals surface area (Å²) in [5.41, 5.74) is 3.41.